The fraction of sp³-hybridized carbons (Fsp3) is 0.360. The second-order valence-electron chi connectivity index (χ2n) is 7.32. The highest BCUT2D eigenvalue weighted by atomic mass is 16.6. The van der Waals surface area contributed by atoms with Crippen molar-refractivity contribution >= 4 is 12.1 Å². The number of carbonyl (C=O) groups excluding carboxylic acids is 2. The summed E-state index contributed by atoms with van der Waals surface area (Å²) in [5.41, 5.74) is 4.78. The Morgan fingerprint density at radius 3 is 2.06 bits per heavy atom. The number of esters is 1. The van der Waals surface area contributed by atoms with Gasteiger partial charge in [-0.1, -0.05) is 55.1 Å². The predicted molar refractivity (Wildman–Crippen MR) is 120 cm³/mol. The van der Waals surface area contributed by atoms with E-state index in [0.29, 0.717) is 39.6 Å². The molecule has 3 rings (SSSR count). The molecule has 1 amide bonds. The molecular formula is C25H29NO6. The molecule has 2 aromatic carbocycles. The molecule has 0 N–H and O–H groups in total. The van der Waals surface area contributed by atoms with Gasteiger partial charge in [0.1, 0.15) is 13.2 Å². The molecule has 0 aliphatic heterocycles. The van der Waals surface area contributed by atoms with E-state index in [9.17, 15) is 9.59 Å². The summed E-state index contributed by atoms with van der Waals surface area (Å²) in [4.78, 5) is 24.8. The van der Waals surface area contributed by atoms with Gasteiger partial charge in [-0.2, -0.15) is 0 Å². The lowest BCUT2D eigenvalue weighted by atomic mass is 9.98. The van der Waals surface area contributed by atoms with Crippen molar-refractivity contribution in [1.29, 1.82) is 0 Å². The summed E-state index contributed by atoms with van der Waals surface area (Å²) in [6.45, 7) is 5.62. The maximum absolute atomic E-state index is 12.4. The van der Waals surface area contributed by atoms with Crippen LogP contribution >= 0.6 is 0 Å². The number of amides is 1. The number of ether oxygens (including phenoxy) is 4. The highest BCUT2D eigenvalue weighted by Crippen LogP contribution is 2.44. The molecule has 170 valence electrons. The van der Waals surface area contributed by atoms with E-state index in [4.69, 9.17) is 18.9 Å². The van der Waals surface area contributed by atoms with E-state index >= 15 is 0 Å². The Bertz CT molecular complexity index is 883. The van der Waals surface area contributed by atoms with Crippen molar-refractivity contribution < 1.29 is 28.5 Å². The maximum atomic E-state index is 12.4. The van der Waals surface area contributed by atoms with Crippen LogP contribution in [-0.2, 0) is 23.7 Å². The summed E-state index contributed by atoms with van der Waals surface area (Å²) < 4.78 is 21.2. The van der Waals surface area contributed by atoms with Crippen LogP contribution in [0.5, 0.6) is 0 Å². The minimum atomic E-state index is -0.471. The van der Waals surface area contributed by atoms with Crippen LogP contribution in [0.15, 0.2) is 61.2 Å². The molecule has 1 aliphatic rings. The van der Waals surface area contributed by atoms with Crippen molar-refractivity contribution in [2.75, 3.05) is 53.2 Å². The van der Waals surface area contributed by atoms with Gasteiger partial charge < -0.3 is 23.8 Å². The van der Waals surface area contributed by atoms with Crippen LogP contribution in [-0.4, -0.2) is 70.2 Å². The number of rotatable bonds is 12. The van der Waals surface area contributed by atoms with Gasteiger partial charge in [-0.15, -0.1) is 0 Å². The van der Waals surface area contributed by atoms with Gasteiger partial charge in [-0.05, 0) is 22.3 Å². The van der Waals surface area contributed by atoms with E-state index in [1.54, 1.807) is 7.05 Å². The van der Waals surface area contributed by atoms with Crippen molar-refractivity contribution in [2.45, 2.75) is 5.92 Å². The fourth-order valence-corrected chi connectivity index (χ4v) is 3.58. The molecule has 0 fully saturated rings. The summed E-state index contributed by atoms with van der Waals surface area (Å²) in [5, 5.41) is 0. The molecule has 7 nitrogen and oxygen atoms in total. The molecule has 7 heteroatoms. The minimum absolute atomic E-state index is 0.0406. The van der Waals surface area contributed by atoms with Crippen LogP contribution in [0.4, 0.5) is 4.79 Å². The minimum Gasteiger partial charge on any atom is -0.460 e. The average Bonchev–Trinajstić information content (AvgIpc) is 3.14. The van der Waals surface area contributed by atoms with Gasteiger partial charge in [0.15, 0.2) is 0 Å². The summed E-state index contributed by atoms with van der Waals surface area (Å²) in [6.07, 6.45) is 0.728. The van der Waals surface area contributed by atoms with Crippen LogP contribution in [0, 0.1) is 0 Å². The average molecular weight is 440 g/mol. The molecule has 0 saturated carbocycles. The second kappa shape index (κ2) is 12.0. The summed E-state index contributed by atoms with van der Waals surface area (Å²) in [6, 6.07) is 16.5. The van der Waals surface area contributed by atoms with Gasteiger partial charge in [-0.3, -0.25) is 0 Å². The molecular weight excluding hydrogens is 410 g/mol. The number of likely N-dealkylation sites (N-methyl/N-ethyl adjacent to an activating group) is 1. The first-order chi connectivity index (χ1) is 15.6. The molecule has 0 bridgehead atoms. The van der Waals surface area contributed by atoms with E-state index in [1.807, 2.05) is 24.3 Å². The second-order valence-corrected chi connectivity index (χ2v) is 7.32. The topological polar surface area (TPSA) is 74.3 Å². The standard InChI is InChI=1S/C25H29NO6/c1-3-24(27)31-17-16-30-15-14-29-13-12-26(2)25(28)32-18-23-21-10-6-4-8-19(21)20-9-5-7-11-22(20)23/h3-11,23H,1,12-18H2,2H3. The Morgan fingerprint density at radius 1 is 0.875 bits per heavy atom. The molecule has 0 aromatic heterocycles. The van der Waals surface area contributed by atoms with Crippen LogP contribution in [0.1, 0.15) is 17.0 Å². The van der Waals surface area contributed by atoms with E-state index in [-0.39, 0.29) is 18.6 Å². The summed E-state index contributed by atoms with van der Waals surface area (Å²) in [7, 11) is 1.69. The summed E-state index contributed by atoms with van der Waals surface area (Å²) >= 11 is 0. The largest absolute Gasteiger partial charge is 0.460 e. The maximum Gasteiger partial charge on any atom is 0.409 e. The number of hydrogen-bond donors (Lipinski definition) is 0. The highest BCUT2D eigenvalue weighted by Gasteiger charge is 2.29. The lowest BCUT2D eigenvalue weighted by Gasteiger charge is -2.19. The van der Waals surface area contributed by atoms with Gasteiger partial charge in [0.05, 0.1) is 26.4 Å². The third kappa shape index (κ3) is 6.18. The first-order valence-corrected chi connectivity index (χ1v) is 10.6. The smallest absolute Gasteiger partial charge is 0.409 e. The zero-order chi connectivity index (χ0) is 22.8. The zero-order valence-corrected chi connectivity index (χ0v) is 18.3. The highest BCUT2D eigenvalue weighted by molar-refractivity contribution is 5.81. The zero-order valence-electron chi connectivity index (χ0n) is 18.3. The Hall–Kier alpha value is -3.16. The molecule has 0 atom stereocenters. The number of benzene rings is 2. The predicted octanol–water partition coefficient (Wildman–Crippen LogP) is 3.63. The normalized spacial score (nSPS) is 12.0. The fourth-order valence-electron chi connectivity index (χ4n) is 3.58. The van der Waals surface area contributed by atoms with E-state index in [0.717, 1.165) is 6.08 Å². The van der Waals surface area contributed by atoms with Crippen molar-refractivity contribution in [3.8, 4) is 11.1 Å². The van der Waals surface area contributed by atoms with Crippen LogP contribution < -0.4 is 0 Å². The van der Waals surface area contributed by atoms with Crippen molar-refractivity contribution in [2.24, 2.45) is 0 Å². The third-order valence-corrected chi connectivity index (χ3v) is 5.23. The Balaban J connectivity index is 1.34. The Morgan fingerprint density at radius 2 is 1.44 bits per heavy atom. The first-order valence-electron chi connectivity index (χ1n) is 10.6. The SMILES string of the molecule is C=CC(=O)OCCOCCOCCN(C)C(=O)OCC1c2ccccc2-c2ccccc21. The van der Waals surface area contributed by atoms with E-state index < -0.39 is 5.97 Å². The molecule has 32 heavy (non-hydrogen) atoms. The Kier molecular flexibility index (Phi) is 8.83. The van der Waals surface area contributed by atoms with Crippen molar-refractivity contribution in [3.63, 3.8) is 0 Å². The van der Waals surface area contributed by atoms with Crippen LogP contribution in [0.3, 0.4) is 0 Å². The molecule has 0 spiro atoms. The molecule has 0 unspecified atom stereocenters. The third-order valence-electron chi connectivity index (χ3n) is 5.23. The first kappa shape index (κ1) is 23.5. The van der Waals surface area contributed by atoms with Crippen LogP contribution in [0.2, 0.25) is 0 Å². The van der Waals surface area contributed by atoms with Gasteiger partial charge in [0.25, 0.3) is 0 Å². The van der Waals surface area contributed by atoms with Crippen molar-refractivity contribution in [3.05, 3.63) is 72.3 Å². The van der Waals surface area contributed by atoms with E-state index in [1.165, 1.54) is 27.2 Å². The number of nitrogens with zero attached hydrogens (tertiary/aromatic N) is 1. The van der Waals surface area contributed by atoms with Crippen LogP contribution in [0.25, 0.3) is 11.1 Å². The van der Waals surface area contributed by atoms with Gasteiger partial charge in [0.2, 0.25) is 0 Å². The molecule has 0 radical (unpaired) electrons. The Labute approximate surface area is 188 Å². The van der Waals surface area contributed by atoms with Gasteiger partial charge in [-0.25, -0.2) is 9.59 Å². The van der Waals surface area contributed by atoms with Gasteiger partial charge in [0, 0.05) is 25.6 Å². The molecule has 2 aromatic rings. The number of hydrogen-bond acceptors (Lipinski definition) is 6. The molecule has 0 heterocycles. The monoisotopic (exact) mass is 439 g/mol. The number of fused-ring (bicyclic) bond motifs is 3. The molecule has 1 aliphatic carbocycles. The molecule has 0 saturated heterocycles. The van der Waals surface area contributed by atoms with Gasteiger partial charge >= 0.3 is 12.1 Å². The quantitative estimate of drug-likeness (QED) is 0.286. The summed E-state index contributed by atoms with van der Waals surface area (Å²) in [5.74, 6) is -0.431. The van der Waals surface area contributed by atoms with E-state index in [2.05, 4.69) is 30.8 Å². The lowest BCUT2D eigenvalue weighted by molar-refractivity contribution is -0.139. The lowest BCUT2D eigenvalue weighted by Crippen LogP contribution is -2.32. The number of carbonyl (C=O) groups is 2. The van der Waals surface area contributed by atoms with Crippen molar-refractivity contribution in [1.82, 2.24) is 4.90 Å².